The predicted octanol–water partition coefficient (Wildman–Crippen LogP) is 3.92. The summed E-state index contributed by atoms with van der Waals surface area (Å²) in [5.41, 5.74) is 4.00. The Morgan fingerprint density at radius 2 is 1.36 bits per heavy atom. The minimum Gasteiger partial charge on any atom is -0.349 e. The van der Waals surface area contributed by atoms with Crippen molar-refractivity contribution in [3.63, 3.8) is 0 Å². The molecular formula is C21H17N3O. The van der Waals surface area contributed by atoms with Crippen LogP contribution in [0.15, 0.2) is 78.9 Å². The lowest BCUT2D eigenvalue weighted by Gasteiger charge is -2.25. The van der Waals surface area contributed by atoms with Gasteiger partial charge < -0.3 is 15.5 Å². The number of nitrogens with one attached hydrogen (secondary N) is 2. The minimum absolute atomic E-state index is 0.0220. The normalized spacial score (nSPS) is 16.3. The van der Waals surface area contributed by atoms with Crippen LogP contribution >= 0.6 is 0 Å². The van der Waals surface area contributed by atoms with Crippen LogP contribution in [0.1, 0.15) is 11.1 Å². The number of hydrogen-bond acceptors (Lipinski definition) is 3. The van der Waals surface area contributed by atoms with Crippen LogP contribution < -0.4 is 15.5 Å². The van der Waals surface area contributed by atoms with Crippen LogP contribution in [0, 0.1) is 0 Å². The number of para-hydroxylation sites is 3. The van der Waals surface area contributed by atoms with Crippen molar-refractivity contribution in [2.24, 2.45) is 0 Å². The molecule has 2 aliphatic rings. The Hall–Kier alpha value is -3.27. The Balaban J connectivity index is 1.60. The van der Waals surface area contributed by atoms with Crippen LogP contribution in [-0.4, -0.2) is 5.91 Å². The average molecular weight is 327 g/mol. The number of amides is 1. The molecule has 0 aliphatic carbocycles. The number of nitrogens with zero attached hydrogens (tertiary/aromatic N) is 1. The Labute approximate surface area is 146 Å². The monoisotopic (exact) mass is 327 g/mol. The number of carbonyl (C=O) groups excluding carboxylic acids is 1. The number of rotatable bonds is 2. The minimum atomic E-state index is -0.922. The zero-order valence-corrected chi connectivity index (χ0v) is 13.6. The van der Waals surface area contributed by atoms with Gasteiger partial charge >= 0.3 is 0 Å². The number of carbonyl (C=O) groups is 1. The van der Waals surface area contributed by atoms with Gasteiger partial charge in [-0.1, -0.05) is 60.7 Å². The van der Waals surface area contributed by atoms with E-state index in [-0.39, 0.29) is 5.91 Å². The maximum absolute atomic E-state index is 13.5. The molecule has 0 saturated heterocycles. The summed E-state index contributed by atoms with van der Waals surface area (Å²) in [6, 6.07) is 26.0. The van der Waals surface area contributed by atoms with E-state index in [0.717, 1.165) is 28.2 Å². The predicted molar refractivity (Wildman–Crippen MR) is 99.4 cm³/mol. The van der Waals surface area contributed by atoms with Gasteiger partial charge in [0.2, 0.25) is 5.66 Å². The van der Waals surface area contributed by atoms with Crippen LogP contribution in [0.5, 0.6) is 0 Å². The molecule has 3 aromatic carbocycles. The second kappa shape index (κ2) is 5.11. The van der Waals surface area contributed by atoms with E-state index in [4.69, 9.17) is 0 Å². The number of fused-ring (bicyclic) bond motifs is 3. The van der Waals surface area contributed by atoms with Crippen molar-refractivity contribution in [3.8, 4) is 0 Å². The highest BCUT2D eigenvalue weighted by atomic mass is 16.2. The van der Waals surface area contributed by atoms with Crippen molar-refractivity contribution in [1.82, 2.24) is 0 Å². The van der Waals surface area contributed by atoms with Gasteiger partial charge in [0.25, 0.3) is 5.91 Å². The molecule has 0 aromatic heterocycles. The number of anilines is 3. The highest BCUT2D eigenvalue weighted by molar-refractivity contribution is 6.12. The molecule has 0 fully saturated rings. The zero-order chi connectivity index (χ0) is 16.9. The highest BCUT2D eigenvalue weighted by Gasteiger charge is 2.54. The van der Waals surface area contributed by atoms with E-state index in [1.54, 1.807) is 0 Å². The average Bonchev–Trinajstić information content (AvgIpc) is 3.15. The Morgan fingerprint density at radius 3 is 2.08 bits per heavy atom. The largest absolute Gasteiger partial charge is 0.349 e. The molecule has 0 atom stereocenters. The van der Waals surface area contributed by atoms with Crippen LogP contribution in [-0.2, 0) is 17.0 Å². The van der Waals surface area contributed by atoms with Crippen LogP contribution in [0.2, 0.25) is 0 Å². The third-order valence-corrected chi connectivity index (χ3v) is 4.92. The molecule has 122 valence electrons. The molecule has 0 saturated carbocycles. The van der Waals surface area contributed by atoms with Crippen LogP contribution in [0.25, 0.3) is 0 Å². The summed E-state index contributed by atoms with van der Waals surface area (Å²) in [7, 11) is 0. The molecule has 4 nitrogen and oxygen atoms in total. The van der Waals surface area contributed by atoms with Gasteiger partial charge in [-0.05, 0) is 23.8 Å². The SMILES string of the molecule is O=C1N(Cc2ccccc2)c2ccccc2C12Nc1ccccc1N2. The first kappa shape index (κ1) is 14.1. The Bertz CT molecular complexity index is 943. The molecule has 0 radical (unpaired) electrons. The molecule has 0 bridgehead atoms. The lowest BCUT2D eigenvalue weighted by Crippen LogP contribution is -2.48. The van der Waals surface area contributed by atoms with E-state index in [1.165, 1.54) is 0 Å². The summed E-state index contributed by atoms with van der Waals surface area (Å²) < 4.78 is 0. The number of hydrogen-bond donors (Lipinski definition) is 2. The van der Waals surface area contributed by atoms with Gasteiger partial charge in [-0.3, -0.25) is 4.79 Å². The lowest BCUT2D eigenvalue weighted by molar-refractivity contribution is -0.121. The van der Waals surface area contributed by atoms with Gasteiger partial charge in [0.1, 0.15) is 0 Å². The summed E-state index contributed by atoms with van der Waals surface area (Å²) in [6.07, 6.45) is 0. The van der Waals surface area contributed by atoms with Gasteiger partial charge in [0.05, 0.1) is 23.6 Å². The molecule has 5 rings (SSSR count). The highest BCUT2D eigenvalue weighted by Crippen LogP contribution is 2.48. The van der Waals surface area contributed by atoms with E-state index in [9.17, 15) is 4.79 Å². The molecule has 1 amide bonds. The smallest absolute Gasteiger partial charge is 0.278 e. The van der Waals surface area contributed by atoms with Crippen LogP contribution in [0.4, 0.5) is 17.1 Å². The van der Waals surface area contributed by atoms with E-state index < -0.39 is 5.66 Å². The van der Waals surface area contributed by atoms with Crippen molar-refractivity contribution in [1.29, 1.82) is 0 Å². The maximum Gasteiger partial charge on any atom is 0.278 e. The van der Waals surface area contributed by atoms with Crippen molar-refractivity contribution in [2.75, 3.05) is 15.5 Å². The quantitative estimate of drug-likeness (QED) is 0.750. The fourth-order valence-electron chi connectivity index (χ4n) is 3.75. The van der Waals surface area contributed by atoms with Gasteiger partial charge in [0.15, 0.2) is 0 Å². The second-order valence-electron chi connectivity index (χ2n) is 6.44. The summed E-state index contributed by atoms with van der Waals surface area (Å²) in [6.45, 7) is 0.554. The summed E-state index contributed by atoms with van der Waals surface area (Å²) >= 11 is 0. The molecule has 2 aliphatic heterocycles. The Kier molecular flexibility index (Phi) is 2.88. The fourth-order valence-corrected chi connectivity index (χ4v) is 3.75. The van der Waals surface area contributed by atoms with Gasteiger partial charge in [-0.15, -0.1) is 0 Å². The standard InChI is InChI=1S/C21H17N3O/c25-20-21(22-17-11-5-6-12-18(17)23-21)16-10-4-7-13-19(16)24(20)14-15-8-2-1-3-9-15/h1-13,22-23H,14H2. The molecule has 2 heterocycles. The molecule has 4 heteroatoms. The molecule has 25 heavy (non-hydrogen) atoms. The Morgan fingerprint density at radius 1 is 0.760 bits per heavy atom. The van der Waals surface area contributed by atoms with Crippen molar-refractivity contribution in [2.45, 2.75) is 12.2 Å². The first-order valence-corrected chi connectivity index (χ1v) is 8.39. The van der Waals surface area contributed by atoms with E-state index >= 15 is 0 Å². The number of benzene rings is 3. The van der Waals surface area contributed by atoms with Gasteiger partial charge in [-0.25, -0.2) is 0 Å². The summed E-state index contributed by atoms with van der Waals surface area (Å²) in [5.74, 6) is 0.0220. The van der Waals surface area contributed by atoms with E-state index in [2.05, 4.69) is 10.6 Å². The van der Waals surface area contributed by atoms with Crippen molar-refractivity contribution < 1.29 is 4.79 Å². The molecule has 2 N–H and O–H groups in total. The third-order valence-electron chi connectivity index (χ3n) is 4.92. The first-order valence-electron chi connectivity index (χ1n) is 8.39. The zero-order valence-electron chi connectivity index (χ0n) is 13.6. The van der Waals surface area contributed by atoms with Gasteiger partial charge in [0, 0.05) is 5.56 Å². The maximum atomic E-state index is 13.5. The van der Waals surface area contributed by atoms with Crippen molar-refractivity contribution >= 4 is 23.0 Å². The first-order chi connectivity index (χ1) is 12.3. The van der Waals surface area contributed by atoms with E-state index in [1.807, 2.05) is 83.8 Å². The molecule has 0 unspecified atom stereocenters. The molecular weight excluding hydrogens is 310 g/mol. The fraction of sp³-hybridized carbons (Fsp3) is 0.0952. The molecule has 1 spiro atoms. The van der Waals surface area contributed by atoms with Crippen LogP contribution in [0.3, 0.4) is 0 Å². The third kappa shape index (κ3) is 1.97. The van der Waals surface area contributed by atoms with Gasteiger partial charge in [-0.2, -0.15) is 0 Å². The summed E-state index contributed by atoms with van der Waals surface area (Å²) in [4.78, 5) is 15.3. The summed E-state index contributed by atoms with van der Waals surface area (Å²) in [5, 5.41) is 6.86. The second-order valence-corrected chi connectivity index (χ2v) is 6.44. The molecule has 3 aromatic rings. The topological polar surface area (TPSA) is 44.4 Å². The van der Waals surface area contributed by atoms with E-state index in [0.29, 0.717) is 6.54 Å². The van der Waals surface area contributed by atoms with Crippen molar-refractivity contribution in [3.05, 3.63) is 90.0 Å². The lowest BCUT2D eigenvalue weighted by atomic mass is 10.0.